The van der Waals surface area contributed by atoms with E-state index in [0.717, 1.165) is 5.56 Å². The van der Waals surface area contributed by atoms with Crippen LogP contribution in [-0.4, -0.2) is 6.54 Å². The maximum Gasteiger partial charge on any atom is 0.0595 e. The Morgan fingerprint density at radius 3 is 2.57 bits per heavy atom. The molecular weight excluding hydrogens is 240 g/mol. The Morgan fingerprint density at radius 2 is 2.00 bits per heavy atom. The summed E-state index contributed by atoms with van der Waals surface area (Å²) in [7, 11) is 0. The van der Waals surface area contributed by atoms with Gasteiger partial charge in [-0.3, -0.25) is 0 Å². The molecule has 0 unspecified atom stereocenters. The average molecular weight is 251 g/mol. The zero-order chi connectivity index (χ0) is 10.6. The highest BCUT2D eigenvalue weighted by Crippen LogP contribution is 2.22. The lowest BCUT2D eigenvalue weighted by atomic mass is 10.2. The van der Waals surface area contributed by atoms with Gasteiger partial charge in [0.2, 0.25) is 0 Å². The molecule has 0 amide bonds. The first-order chi connectivity index (χ1) is 6.59. The van der Waals surface area contributed by atoms with Gasteiger partial charge in [0, 0.05) is 18.1 Å². The average Bonchev–Trinajstić information content (AvgIpc) is 2.10. The molecule has 0 aliphatic rings. The minimum absolute atomic E-state index is 0.565. The first-order valence-corrected chi connectivity index (χ1v) is 5.21. The summed E-state index contributed by atoms with van der Waals surface area (Å²) >= 11 is 17.2. The summed E-state index contributed by atoms with van der Waals surface area (Å²) < 4.78 is 0. The quantitative estimate of drug-likeness (QED) is 0.856. The second kappa shape index (κ2) is 5.62. The SMILES string of the molecule is C=C(Cl)CNCc1ccc(Cl)c(Cl)c1. The summed E-state index contributed by atoms with van der Waals surface area (Å²) in [5, 5.41) is 4.83. The third-order valence-electron chi connectivity index (χ3n) is 1.63. The first-order valence-electron chi connectivity index (χ1n) is 4.07. The van der Waals surface area contributed by atoms with E-state index in [4.69, 9.17) is 34.8 Å². The van der Waals surface area contributed by atoms with Crippen molar-refractivity contribution in [1.82, 2.24) is 5.32 Å². The Bertz CT molecular complexity index is 336. The predicted molar refractivity (Wildman–Crippen MR) is 63.2 cm³/mol. The van der Waals surface area contributed by atoms with Crippen molar-refractivity contribution in [3.05, 3.63) is 45.4 Å². The van der Waals surface area contributed by atoms with Crippen molar-refractivity contribution in [3.63, 3.8) is 0 Å². The minimum Gasteiger partial charge on any atom is -0.308 e. The summed E-state index contributed by atoms with van der Waals surface area (Å²) in [4.78, 5) is 0. The molecule has 14 heavy (non-hydrogen) atoms. The van der Waals surface area contributed by atoms with E-state index in [2.05, 4.69) is 11.9 Å². The number of rotatable bonds is 4. The van der Waals surface area contributed by atoms with E-state index in [1.54, 1.807) is 6.07 Å². The third kappa shape index (κ3) is 3.89. The first kappa shape index (κ1) is 11.9. The van der Waals surface area contributed by atoms with Gasteiger partial charge in [0.25, 0.3) is 0 Å². The van der Waals surface area contributed by atoms with Crippen molar-refractivity contribution < 1.29 is 0 Å². The van der Waals surface area contributed by atoms with Crippen LogP contribution in [0.1, 0.15) is 5.56 Å². The molecule has 1 rings (SSSR count). The molecule has 0 heterocycles. The van der Waals surface area contributed by atoms with Gasteiger partial charge in [-0.05, 0) is 17.7 Å². The third-order valence-corrected chi connectivity index (χ3v) is 2.50. The smallest absolute Gasteiger partial charge is 0.0595 e. The molecule has 1 aromatic rings. The fourth-order valence-corrected chi connectivity index (χ4v) is 1.41. The van der Waals surface area contributed by atoms with Gasteiger partial charge < -0.3 is 5.32 Å². The van der Waals surface area contributed by atoms with Crippen molar-refractivity contribution in [2.24, 2.45) is 0 Å². The van der Waals surface area contributed by atoms with E-state index in [-0.39, 0.29) is 0 Å². The fourth-order valence-electron chi connectivity index (χ4n) is 0.992. The topological polar surface area (TPSA) is 12.0 Å². The van der Waals surface area contributed by atoms with Crippen LogP contribution in [0, 0.1) is 0 Å². The van der Waals surface area contributed by atoms with Crippen LogP contribution < -0.4 is 5.32 Å². The number of hydrogen-bond donors (Lipinski definition) is 1. The lowest BCUT2D eigenvalue weighted by molar-refractivity contribution is 0.755. The molecule has 0 aliphatic heterocycles. The van der Waals surface area contributed by atoms with Gasteiger partial charge in [-0.2, -0.15) is 0 Å². The zero-order valence-corrected chi connectivity index (χ0v) is 9.76. The van der Waals surface area contributed by atoms with Crippen molar-refractivity contribution in [2.45, 2.75) is 6.54 Å². The molecule has 0 spiro atoms. The number of benzene rings is 1. The van der Waals surface area contributed by atoms with Crippen LogP contribution in [0.25, 0.3) is 0 Å². The molecule has 1 aromatic carbocycles. The molecule has 0 bridgehead atoms. The number of hydrogen-bond acceptors (Lipinski definition) is 1. The molecule has 0 aliphatic carbocycles. The highest BCUT2D eigenvalue weighted by molar-refractivity contribution is 6.42. The lowest BCUT2D eigenvalue weighted by Crippen LogP contribution is -2.14. The summed E-state index contributed by atoms with van der Waals surface area (Å²) in [6.45, 7) is 4.86. The molecule has 0 radical (unpaired) electrons. The Kier molecular flexibility index (Phi) is 4.76. The molecule has 0 saturated heterocycles. The number of halogens is 3. The minimum atomic E-state index is 0.565. The molecule has 76 valence electrons. The Morgan fingerprint density at radius 1 is 1.29 bits per heavy atom. The normalized spacial score (nSPS) is 10.2. The van der Waals surface area contributed by atoms with Gasteiger partial charge in [-0.25, -0.2) is 0 Å². The van der Waals surface area contributed by atoms with Crippen molar-refractivity contribution in [2.75, 3.05) is 6.54 Å². The summed E-state index contributed by atoms with van der Waals surface area (Å²) in [5.74, 6) is 0. The van der Waals surface area contributed by atoms with Crippen molar-refractivity contribution >= 4 is 34.8 Å². The van der Waals surface area contributed by atoms with E-state index in [9.17, 15) is 0 Å². The molecule has 0 fully saturated rings. The highest BCUT2D eigenvalue weighted by Gasteiger charge is 1.98. The van der Waals surface area contributed by atoms with Crippen molar-refractivity contribution in [3.8, 4) is 0 Å². The van der Waals surface area contributed by atoms with Gasteiger partial charge in [0.1, 0.15) is 0 Å². The standard InChI is InChI=1S/C10H10Cl3N/c1-7(11)5-14-6-8-2-3-9(12)10(13)4-8/h2-4,14H,1,5-6H2. The number of nitrogens with one attached hydrogen (secondary N) is 1. The molecule has 1 N–H and O–H groups in total. The lowest BCUT2D eigenvalue weighted by Gasteiger charge is -2.04. The van der Waals surface area contributed by atoms with E-state index in [0.29, 0.717) is 28.2 Å². The molecule has 1 nitrogen and oxygen atoms in total. The van der Waals surface area contributed by atoms with Crippen LogP contribution in [0.5, 0.6) is 0 Å². The second-order valence-electron chi connectivity index (χ2n) is 2.87. The van der Waals surface area contributed by atoms with Crippen LogP contribution in [0.15, 0.2) is 29.8 Å². The van der Waals surface area contributed by atoms with Gasteiger partial charge in [-0.15, -0.1) is 0 Å². The molecule has 0 aromatic heterocycles. The zero-order valence-electron chi connectivity index (χ0n) is 7.49. The molecular formula is C10H10Cl3N. The second-order valence-corrected chi connectivity index (χ2v) is 4.22. The maximum absolute atomic E-state index is 5.85. The van der Waals surface area contributed by atoms with Crippen LogP contribution in [0.3, 0.4) is 0 Å². The van der Waals surface area contributed by atoms with E-state index in [1.807, 2.05) is 12.1 Å². The van der Waals surface area contributed by atoms with Gasteiger partial charge in [-0.1, -0.05) is 47.4 Å². The molecule has 0 saturated carbocycles. The maximum atomic E-state index is 5.85. The molecule has 0 atom stereocenters. The van der Waals surface area contributed by atoms with Gasteiger partial charge in [0.05, 0.1) is 10.0 Å². The molecule has 4 heteroatoms. The van der Waals surface area contributed by atoms with E-state index >= 15 is 0 Å². The summed E-state index contributed by atoms with van der Waals surface area (Å²) in [6.07, 6.45) is 0. The Hall–Kier alpha value is -0.210. The van der Waals surface area contributed by atoms with Gasteiger partial charge >= 0.3 is 0 Å². The van der Waals surface area contributed by atoms with E-state index < -0.39 is 0 Å². The van der Waals surface area contributed by atoms with Crippen LogP contribution in [-0.2, 0) is 6.54 Å². The predicted octanol–water partition coefficient (Wildman–Crippen LogP) is 3.84. The fraction of sp³-hybridized carbons (Fsp3) is 0.200. The monoisotopic (exact) mass is 249 g/mol. The summed E-state index contributed by atoms with van der Waals surface area (Å²) in [5.41, 5.74) is 1.07. The van der Waals surface area contributed by atoms with Crippen LogP contribution >= 0.6 is 34.8 Å². The van der Waals surface area contributed by atoms with Crippen LogP contribution in [0.2, 0.25) is 10.0 Å². The van der Waals surface area contributed by atoms with Crippen LogP contribution in [0.4, 0.5) is 0 Å². The Labute approximate surface area is 98.7 Å². The largest absolute Gasteiger partial charge is 0.308 e. The van der Waals surface area contributed by atoms with Crippen molar-refractivity contribution in [1.29, 1.82) is 0 Å². The van der Waals surface area contributed by atoms with Gasteiger partial charge in [0.15, 0.2) is 0 Å². The van der Waals surface area contributed by atoms with E-state index in [1.165, 1.54) is 0 Å². The Balaban J connectivity index is 2.51. The highest BCUT2D eigenvalue weighted by atomic mass is 35.5. The summed E-state index contributed by atoms with van der Waals surface area (Å²) in [6, 6.07) is 5.52.